The second-order valence-electron chi connectivity index (χ2n) is 6.79. The van der Waals surface area contributed by atoms with E-state index in [4.69, 9.17) is 14.2 Å². The maximum atomic E-state index is 12.1. The molecule has 2 amide bonds. The largest absolute Gasteiger partial charge is 0.494 e. The molecule has 0 heterocycles. The molecule has 0 atom stereocenters. The van der Waals surface area contributed by atoms with Crippen molar-refractivity contribution in [2.24, 2.45) is 0 Å². The van der Waals surface area contributed by atoms with Crippen LogP contribution in [-0.2, 0) is 14.3 Å². The molecule has 8 nitrogen and oxygen atoms in total. The third-order valence-corrected chi connectivity index (χ3v) is 4.30. The van der Waals surface area contributed by atoms with Crippen LogP contribution in [0.2, 0.25) is 0 Å². The van der Waals surface area contributed by atoms with Crippen molar-refractivity contribution in [3.63, 3.8) is 0 Å². The topological polar surface area (TPSA) is 103 Å². The Kier molecular flexibility index (Phi) is 8.41. The molecule has 0 fully saturated rings. The smallest absolute Gasteiger partial charge is 0.325 e. The van der Waals surface area contributed by atoms with Gasteiger partial charge < -0.3 is 24.8 Å². The Morgan fingerprint density at radius 2 is 1.42 bits per heavy atom. The maximum Gasteiger partial charge on any atom is 0.325 e. The highest BCUT2D eigenvalue weighted by atomic mass is 16.5. The molecule has 3 aromatic carbocycles. The molecule has 0 bridgehead atoms. The Morgan fingerprint density at radius 3 is 2.09 bits per heavy atom. The molecule has 2 N–H and O–H groups in total. The third kappa shape index (κ3) is 7.70. The highest BCUT2D eigenvalue weighted by Crippen LogP contribution is 2.22. The molecule has 0 aromatic heterocycles. The number of benzene rings is 3. The van der Waals surface area contributed by atoms with Gasteiger partial charge in [0.1, 0.15) is 23.8 Å². The molecule has 8 heteroatoms. The van der Waals surface area contributed by atoms with Crippen LogP contribution in [0.4, 0.5) is 5.69 Å². The second-order valence-corrected chi connectivity index (χ2v) is 6.79. The fourth-order valence-corrected chi connectivity index (χ4v) is 2.75. The van der Waals surface area contributed by atoms with E-state index >= 15 is 0 Å². The lowest BCUT2D eigenvalue weighted by Gasteiger charge is -2.09. The zero-order chi connectivity index (χ0) is 23.5. The van der Waals surface area contributed by atoms with Crippen LogP contribution in [0.3, 0.4) is 0 Å². The van der Waals surface area contributed by atoms with E-state index in [-0.39, 0.29) is 6.54 Å². The summed E-state index contributed by atoms with van der Waals surface area (Å²) in [7, 11) is 0. The van der Waals surface area contributed by atoms with Crippen molar-refractivity contribution < 1.29 is 28.6 Å². The summed E-state index contributed by atoms with van der Waals surface area (Å²) in [5, 5.41) is 5.07. The molecule has 0 radical (unpaired) electrons. The number of hydrogen-bond acceptors (Lipinski definition) is 6. The monoisotopic (exact) mass is 448 g/mol. The van der Waals surface area contributed by atoms with Crippen LogP contribution < -0.4 is 20.1 Å². The third-order valence-electron chi connectivity index (χ3n) is 4.30. The Morgan fingerprint density at radius 1 is 0.788 bits per heavy atom. The summed E-state index contributed by atoms with van der Waals surface area (Å²) in [5.41, 5.74) is 0.906. The quantitative estimate of drug-likeness (QED) is 0.458. The first-order chi connectivity index (χ1) is 16.0. The summed E-state index contributed by atoms with van der Waals surface area (Å²) in [5.74, 6) is 0.314. The van der Waals surface area contributed by atoms with Crippen LogP contribution >= 0.6 is 0 Å². The first-order valence-electron chi connectivity index (χ1n) is 10.3. The van der Waals surface area contributed by atoms with Gasteiger partial charge in [-0.25, -0.2) is 0 Å². The minimum atomic E-state index is -0.726. The molecule has 0 saturated carbocycles. The van der Waals surface area contributed by atoms with Crippen molar-refractivity contribution in [2.45, 2.75) is 6.92 Å². The summed E-state index contributed by atoms with van der Waals surface area (Å²) in [6.07, 6.45) is 0. The number of nitrogens with one attached hydrogen (secondary N) is 2. The van der Waals surface area contributed by atoms with Gasteiger partial charge in [0.05, 0.1) is 6.61 Å². The predicted molar refractivity (Wildman–Crippen MR) is 122 cm³/mol. The molecule has 0 aliphatic heterocycles. The van der Waals surface area contributed by atoms with Gasteiger partial charge in [-0.1, -0.05) is 18.2 Å². The van der Waals surface area contributed by atoms with E-state index in [1.165, 1.54) is 0 Å². The fraction of sp³-hybridized carbons (Fsp3) is 0.160. The average molecular weight is 448 g/mol. The van der Waals surface area contributed by atoms with Crippen LogP contribution in [0, 0.1) is 0 Å². The van der Waals surface area contributed by atoms with Gasteiger partial charge in [-0.05, 0) is 67.6 Å². The summed E-state index contributed by atoms with van der Waals surface area (Å²) in [4.78, 5) is 35.9. The highest BCUT2D eigenvalue weighted by Gasteiger charge is 2.11. The Bertz CT molecular complexity index is 1070. The Hall–Kier alpha value is -4.33. The molecule has 0 spiro atoms. The highest BCUT2D eigenvalue weighted by molar-refractivity contribution is 5.96. The van der Waals surface area contributed by atoms with Gasteiger partial charge in [-0.2, -0.15) is 0 Å². The number of anilines is 1. The number of amides is 2. The Balaban J connectivity index is 1.37. The molecule has 3 aromatic rings. The van der Waals surface area contributed by atoms with Crippen LogP contribution in [0.15, 0.2) is 78.9 Å². The molecule has 0 aliphatic carbocycles. The normalized spacial score (nSPS) is 10.1. The minimum absolute atomic E-state index is 0.356. The summed E-state index contributed by atoms with van der Waals surface area (Å²) < 4.78 is 15.9. The number of esters is 1. The van der Waals surface area contributed by atoms with Crippen molar-refractivity contribution in [1.29, 1.82) is 0 Å². The Labute approximate surface area is 191 Å². The standard InChI is InChI=1S/C25H24N2O6/c1-2-31-20-12-8-18(9-13-20)25(30)26-16-24(29)32-17-23(28)27-19-10-14-22(15-11-19)33-21-6-4-3-5-7-21/h3-15H,2,16-17H2,1H3,(H,26,30)(H,27,28). The second kappa shape index (κ2) is 11.9. The van der Waals surface area contributed by atoms with Crippen LogP contribution in [0.1, 0.15) is 17.3 Å². The molecule has 170 valence electrons. The van der Waals surface area contributed by atoms with E-state index in [1.54, 1.807) is 48.5 Å². The zero-order valence-corrected chi connectivity index (χ0v) is 18.1. The maximum absolute atomic E-state index is 12.1. The molecule has 3 rings (SSSR count). The summed E-state index contributed by atoms with van der Waals surface area (Å²) in [6.45, 7) is 1.56. The zero-order valence-electron chi connectivity index (χ0n) is 18.1. The number of ether oxygens (including phenoxy) is 3. The molecule has 0 saturated heterocycles. The lowest BCUT2D eigenvalue weighted by atomic mass is 10.2. The van der Waals surface area contributed by atoms with Crippen molar-refractivity contribution in [3.05, 3.63) is 84.4 Å². The average Bonchev–Trinajstić information content (AvgIpc) is 2.84. The van der Waals surface area contributed by atoms with Crippen LogP contribution in [0.25, 0.3) is 0 Å². The van der Waals surface area contributed by atoms with Gasteiger partial charge >= 0.3 is 5.97 Å². The first kappa shape index (κ1) is 23.3. The summed E-state index contributed by atoms with van der Waals surface area (Å²) >= 11 is 0. The van der Waals surface area contributed by atoms with Gasteiger partial charge in [0.15, 0.2) is 6.61 Å². The van der Waals surface area contributed by atoms with E-state index in [9.17, 15) is 14.4 Å². The van der Waals surface area contributed by atoms with Crippen molar-refractivity contribution in [2.75, 3.05) is 25.1 Å². The van der Waals surface area contributed by atoms with E-state index in [1.807, 2.05) is 37.3 Å². The number of carbonyl (C=O) groups is 3. The number of carbonyl (C=O) groups excluding carboxylic acids is 3. The molecule has 33 heavy (non-hydrogen) atoms. The van der Waals surface area contributed by atoms with Gasteiger partial charge in [0.2, 0.25) is 0 Å². The van der Waals surface area contributed by atoms with E-state index in [0.717, 1.165) is 0 Å². The summed E-state index contributed by atoms with van der Waals surface area (Å²) in [6, 6.07) is 22.6. The first-order valence-corrected chi connectivity index (χ1v) is 10.3. The SMILES string of the molecule is CCOc1ccc(C(=O)NCC(=O)OCC(=O)Nc2ccc(Oc3ccccc3)cc2)cc1. The van der Waals surface area contributed by atoms with Gasteiger partial charge in [0.25, 0.3) is 11.8 Å². The van der Waals surface area contributed by atoms with Crippen molar-refractivity contribution in [3.8, 4) is 17.2 Å². The van der Waals surface area contributed by atoms with Gasteiger partial charge in [-0.15, -0.1) is 0 Å². The van der Waals surface area contributed by atoms with E-state index in [0.29, 0.717) is 35.1 Å². The minimum Gasteiger partial charge on any atom is -0.494 e. The van der Waals surface area contributed by atoms with Crippen molar-refractivity contribution >= 4 is 23.5 Å². The van der Waals surface area contributed by atoms with Gasteiger partial charge in [-0.3, -0.25) is 14.4 Å². The number of hydrogen-bond donors (Lipinski definition) is 2. The fourth-order valence-electron chi connectivity index (χ4n) is 2.75. The number of rotatable bonds is 10. The lowest BCUT2D eigenvalue weighted by Crippen LogP contribution is -2.32. The van der Waals surface area contributed by atoms with Crippen LogP contribution in [-0.4, -0.2) is 37.5 Å². The number of para-hydroxylation sites is 1. The molecule has 0 unspecified atom stereocenters. The van der Waals surface area contributed by atoms with Gasteiger partial charge in [0, 0.05) is 11.3 Å². The molecule has 0 aliphatic rings. The van der Waals surface area contributed by atoms with E-state index in [2.05, 4.69) is 10.6 Å². The lowest BCUT2D eigenvalue weighted by molar-refractivity contribution is -0.146. The van der Waals surface area contributed by atoms with Crippen molar-refractivity contribution in [1.82, 2.24) is 5.32 Å². The molecular weight excluding hydrogens is 424 g/mol. The predicted octanol–water partition coefficient (Wildman–Crippen LogP) is 3.79. The van der Waals surface area contributed by atoms with Crippen LogP contribution in [0.5, 0.6) is 17.2 Å². The van der Waals surface area contributed by atoms with E-state index < -0.39 is 24.4 Å². The molecular formula is C25H24N2O6.